The molecule has 34 heavy (non-hydrogen) atoms. The number of carbonyl (C=O) groups is 1. The van der Waals surface area contributed by atoms with Crippen LogP contribution in [0.1, 0.15) is 11.1 Å². The Bertz CT molecular complexity index is 1560. The topological polar surface area (TPSA) is 114 Å². The molecule has 11 heteroatoms. The second-order valence-electron chi connectivity index (χ2n) is 7.83. The number of fused-ring (bicyclic) bond motifs is 1. The molecule has 4 rings (SSSR count). The number of benzene rings is 2. The van der Waals surface area contributed by atoms with Gasteiger partial charge in [0.25, 0.3) is 0 Å². The van der Waals surface area contributed by atoms with E-state index in [1.807, 2.05) is 6.07 Å². The minimum atomic E-state index is -3.38. The maximum absolute atomic E-state index is 13.4. The zero-order valence-electron chi connectivity index (χ0n) is 18.4. The van der Waals surface area contributed by atoms with E-state index in [1.165, 1.54) is 34.4 Å². The van der Waals surface area contributed by atoms with Gasteiger partial charge in [-0.25, -0.2) is 21.8 Å². The molecule has 0 saturated carbocycles. The first-order valence-electron chi connectivity index (χ1n) is 10.1. The summed E-state index contributed by atoms with van der Waals surface area (Å²) in [7, 11) is -6.71. The number of anilines is 1. The van der Waals surface area contributed by atoms with E-state index in [0.717, 1.165) is 18.1 Å². The fraction of sp³-hybridized carbons (Fsp3) is 0.174. The van der Waals surface area contributed by atoms with Crippen LogP contribution in [0.3, 0.4) is 0 Å². The third-order valence-corrected chi connectivity index (χ3v) is 8.36. The molecule has 0 unspecified atom stereocenters. The number of carbonyl (C=O) groups excluding carboxylic acids is 1. The molecule has 2 aromatic heterocycles. The van der Waals surface area contributed by atoms with Crippen LogP contribution in [0.15, 0.2) is 76.8 Å². The van der Waals surface area contributed by atoms with E-state index < -0.39 is 19.7 Å². The summed E-state index contributed by atoms with van der Waals surface area (Å²) in [6.07, 6.45) is 5.61. The molecule has 0 fully saturated rings. The van der Waals surface area contributed by atoms with Crippen molar-refractivity contribution in [2.75, 3.05) is 17.4 Å². The number of aromatic nitrogens is 2. The van der Waals surface area contributed by atoms with Crippen molar-refractivity contribution in [3.8, 4) is 0 Å². The lowest BCUT2D eigenvalue weighted by Crippen LogP contribution is -2.31. The summed E-state index contributed by atoms with van der Waals surface area (Å²) in [5, 5.41) is 0.433. The molecule has 0 N–H and O–H groups in total. The van der Waals surface area contributed by atoms with Gasteiger partial charge in [-0.05, 0) is 47.5 Å². The van der Waals surface area contributed by atoms with E-state index in [9.17, 15) is 21.6 Å². The Kier molecular flexibility index (Phi) is 6.52. The van der Waals surface area contributed by atoms with Crippen LogP contribution in [-0.2, 0) is 37.4 Å². The fourth-order valence-corrected chi connectivity index (χ4v) is 5.67. The summed E-state index contributed by atoms with van der Waals surface area (Å²) >= 11 is 1.23. The Morgan fingerprint density at radius 3 is 2.21 bits per heavy atom. The number of rotatable bonds is 7. The van der Waals surface area contributed by atoms with E-state index in [2.05, 4.69) is 9.97 Å². The van der Waals surface area contributed by atoms with Gasteiger partial charge >= 0.3 is 0 Å². The van der Waals surface area contributed by atoms with Crippen LogP contribution in [0.25, 0.3) is 10.2 Å². The second-order valence-corrected chi connectivity index (χ2v) is 12.9. The number of thiazole rings is 1. The molecule has 0 saturated heterocycles. The van der Waals surface area contributed by atoms with E-state index in [4.69, 9.17) is 0 Å². The lowest BCUT2D eigenvalue weighted by Gasteiger charge is -2.20. The third kappa shape index (κ3) is 5.49. The van der Waals surface area contributed by atoms with Crippen molar-refractivity contribution in [3.05, 3.63) is 78.1 Å². The van der Waals surface area contributed by atoms with Crippen LogP contribution < -0.4 is 4.90 Å². The number of pyridine rings is 1. The highest BCUT2D eigenvalue weighted by Gasteiger charge is 2.22. The first-order valence-corrected chi connectivity index (χ1v) is 14.7. The van der Waals surface area contributed by atoms with Crippen molar-refractivity contribution in [1.29, 1.82) is 0 Å². The molecule has 0 radical (unpaired) electrons. The summed E-state index contributed by atoms with van der Waals surface area (Å²) in [6.45, 7) is 0.229. The molecule has 0 aliphatic carbocycles. The van der Waals surface area contributed by atoms with Crippen molar-refractivity contribution in [2.45, 2.75) is 22.8 Å². The summed E-state index contributed by atoms with van der Waals surface area (Å²) in [5.41, 5.74) is 2.06. The van der Waals surface area contributed by atoms with Crippen molar-refractivity contribution < 1.29 is 21.6 Å². The zero-order valence-corrected chi connectivity index (χ0v) is 20.8. The molecular weight excluding hydrogens is 494 g/mol. The van der Waals surface area contributed by atoms with E-state index in [0.29, 0.717) is 20.9 Å². The van der Waals surface area contributed by atoms with Crippen molar-refractivity contribution in [2.24, 2.45) is 0 Å². The Labute approximate surface area is 201 Å². The molecule has 1 amide bonds. The van der Waals surface area contributed by atoms with Gasteiger partial charge in [-0.1, -0.05) is 29.5 Å². The van der Waals surface area contributed by atoms with Crippen molar-refractivity contribution >= 4 is 52.3 Å². The number of sulfone groups is 2. The highest BCUT2D eigenvalue weighted by molar-refractivity contribution is 7.91. The lowest BCUT2D eigenvalue weighted by molar-refractivity contribution is -0.118. The van der Waals surface area contributed by atoms with Crippen LogP contribution in [0.2, 0.25) is 0 Å². The smallest absolute Gasteiger partial charge is 0.233 e. The van der Waals surface area contributed by atoms with Gasteiger partial charge in [0.2, 0.25) is 5.91 Å². The SMILES string of the molecule is CS(=O)(=O)c1ccc(CC(=O)N(Cc2cccnc2)c2nc3ccc(S(C)(=O)=O)cc3s2)cc1. The number of hydrogen-bond donors (Lipinski definition) is 0. The van der Waals surface area contributed by atoms with Crippen LogP contribution in [-0.4, -0.2) is 45.2 Å². The molecule has 0 atom stereocenters. The Morgan fingerprint density at radius 1 is 0.912 bits per heavy atom. The largest absolute Gasteiger partial charge is 0.283 e. The summed E-state index contributed by atoms with van der Waals surface area (Å²) in [4.78, 5) is 23.9. The van der Waals surface area contributed by atoms with Gasteiger partial charge < -0.3 is 0 Å². The monoisotopic (exact) mass is 515 g/mol. The van der Waals surface area contributed by atoms with E-state index in [1.54, 1.807) is 42.7 Å². The fourth-order valence-electron chi connectivity index (χ4n) is 3.30. The summed E-state index contributed by atoms with van der Waals surface area (Å²) in [6, 6.07) is 14.5. The Morgan fingerprint density at radius 2 is 1.59 bits per heavy atom. The first kappa shape index (κ1) is 24.0. The summed E-state index contributed by atoms with van der Waals surface area (Å²) < 4.78 is 47.9. The van der Waals surface area contributed by atoms with Gasteiger partial charge in [0.1, 0.15) is 0 Å². The van der Waals surface area contributed by atoms with Gasteiger partial charge in [-0.2, -0.15) is 0 Å². The average Bonchev–Trinajstić information content (AvgIpc) is 3.20. The molecule has 2 aromatic carbocycles. The number of amides is 1. The Balaban J connectivity index is 1.68. The maximum atomic E-state index is 13.4. The average molecular weight is 516 g/mol. The lowest BCUT2D eigenvalue weighted by atomic mass is 10.1. The third-order valence-electron chi connectivity index (χ3n) is 5.08. The van der Waals surface area contributed by atoms with Gasteiger partial charge in [-0.15, -0.1) is 0 Å². The van der Waals surface area contributed by atoms with Crippen LogP contribution >= 0.6 is 11.3 Å². The minimum absolute atomic E-state index is 0.0365. The highest BCUT2D eigenvalue weighted by atomic mass is 32.2. The van der Waals surface area contributed by atoms with Crippen molar-refractivity contribution in [1.82, 2.24) is 9.97 Å². The second kappa shape index (κ2) is 9.24. The van der Waals surface area contributed by atoms with Crippen LogP contribution in [0.4, 0.5) is 5.13 Å². The highest BCUT2D eigenvalue weighted by Crippen LogP contribution is 2.32. The minimum Gasteiger partial charge on any atom is -0.283 e. The van der Waals surface area contributed by atoms with E-state index >= 15 is 0 Å². The van der Waals surface area contributed by atoms with Crippen LogP contribution in [0.5, 0.6) is 0 Å². The standard InChI is InChI=1S/C23H21N3O5S3/c1-33(28,29)18-7-5-16(6-8-18)12-22(27)26(15-17-4-3-11-24-14-17)23-25-20-10-9-19(34(2,30)31)13-21(20)32-23/h3-11,13-14H,12,15H2,1-2H3. The first-order chi connectivity index (χ1) is 16.0. The van der Waals surface area contributed by atoms with Gasteiger partial charge in [0.15, 0.2) is 24.8 Å². The molecule has 0 spiro atoms. The molecular formula is C23H21N3O5S3. The predicted molar refractivity (Wildman–Crippen MR) is 131 cm³/mol. The molecule has 4 aromatic rings. The van der Waals surface area contributed by atoms with Gasteiger partial charge in [0, 0.05) is 24.9 Å². The maximum Gasteiger partial charge on any atom is 0.233 e. The van der Waals surface area contributed by atoms with E-state index in [-0.39, 0.29) is 28.7 Å². The number of nitrogens with zero attached hydrogens (tertiary/aromatic N) is 3. The number of hydrogen-bond acceptors (Lipinski definition) is 8. The van der Waals surface area contributed by atoms with Crippen molar-refractivity contribution in [3.63, 3.8) is 0 Å². The predicted octanol–water partition coefficient (Wildman–Crippen LogP) is 3.27. The Hall–Kier alpha value is -3.15. The van der Waals surface area contributed by atoms with Gasteiger partial charge in [-0.3, -0.25) is 14.7 Å². The van der Waals surface area contributed by atoms with Gasteiger partial charge in [0.05, 0.1) is 33.0 Å². The molecule has 0 aliphatic heterocycles. The normalized spacial score (nSPS) is 12.1. The molecule has 0 aliphatic rings. The molecule has 0 bridgehead atoms. The summed E-state index contributed by atoms with van der Waals surface area (Å²) in [5.74, 6) is -0.238. The zero-order chi connectivity index (χ0) is 24.5. The molecule has 176 valence electrons. The quantitative estimate of drug-likeness (QED) is 0.371. The molecule has 2 heterocycles. The molecule has 8 nitrogen and oxygen atoms in total. The van der Waals surface area contributed by atoms with Crippen LogP contribution in [0, 0.1) is 0 Å².